The first-order valence-corrected chi connectivity index (χ1v) is 11.7. The highest BCUT2D eigenvalue weighted by atomic mass is 16.2. The van der Waals surface area contributed by atoms with Crippen molar-refractivity contribution in [2.75, 3.05) is 13.1 Å². The van der Waals surface area contributed by atoms with Crippen LogP contribution in [0.5, 0.6) is 0 Å². The van der Waals surface area contributed by atoms with Crippen molar-refractivity contribution in [3.05, 3.63) is 0 Å². The molecule has 4 nitrogen and oxygen atoms in total. The fourth-order valence-corrected chi connectivity index (χ4v) is 3.21. The average molecular weight is 383 g/mol. The van der Waals surface area contributed by atoms with Crippen molar-refractivity contribution in [3.63, 3.8) is 0 Å². The molecule has 0 aromatic rings. The number of nitrogens with one attached hydrogen (secondary N) is 2. The molecule has 160 valence electrons. The SMILES string of the molecule is CCCCCCCCCCCCCCCCC(=O)NCC(=O)NCCCC. The lowest BCUT2D eigenvalue weighted by atomic mass is 10.0. The zero-order chi connectivity index (χ0) is 20.0. The highest BCUT2D eigenvalue weighted by molar-refractivity contribution is 5.84. The summed E-state index contributed by atoms with van der Waals surface area (Å²) < 4.78 is 0. The van der Waals surface area contributed by atoms with Gasteiger partial charge in [-0.3, -0.25) is 9.59 Å². The van der Waals surface area contributed by atoms with Crippen LogP contribution in [0.3, 0.4) is 0 Å². The quantitative estimate of drug-likeness (QED) is 0.258. The summed E-state index contributed by atoms with van der Waals surface area (Å²) in [5.41, 5.74) is 0. The number of amides is 2. The largest absolute Gasteiger partial charge is 0.355 e. The van der Waals surface area contributed by atoms with E-state index in [0.717, 1.165) is 25.7 Å². The van der Waals surface area contributed by atoms with Crippen molar-refractivity contribution < 1.29 is 9.59 Å². The third kappa shape index (κ3) is 21.1. The molecule has 0 radical (unpaired) electrons. The zero-order valence-corrected chi connectivity index (χ0v) is 18.3. The Kier molecular flexibility index (Phi) is 20.4. The fourth-order valence-electron chi connectivity index (χ4n) is 3.21. The number of unbranched alkanes of at least 4 members (excludes halogenated alkanes) is 14. The lowest BCUT2D eigenvalue weighted by Gasteiger charge is -2.06. The Labute approximate surface area is 168 Å². The maximum absolute atomic E-state index is 11.7. The smallest absolute Gasteiger partial charge is 0.239 e. The molecule has 0 saturated carbocycles. The van der Waals surface area contributed by atoms with E-state index in [1.165, 1.54) is 77.0 Å². The molecule has 0 aliphatic carbocycles. The van der Waals surface area contributed by atoms with Gasteiger partial charge in [-0.05, 0) is 12.8 Å². The standard InChI is InChI=1S/C23H46N2O2/c1-3-5-7-8-9-10-11-12-13-14-15-16-17-18-19-22(26)25-21-23(27)24-20-6-4-2/h3-21H2,1-2H3,(H,24,27)(H,25,26). The van der Waals surface area contributed by atoms with E-state index in [4.69, 9.17) is 0 Å². The second kappa shape index (κ2) is 21.2. The Balaban J connectivity index is 3.23. The maximum atomic E-state index is 11.7. The molecule has 0 aromatic carbocycles. The molecule has 27 heavy (non-hydrogen) atoms. The van der Waals surface area contributed by atoms with E-state index in [1.807, 2.05) is 0 Å². The van der Waals surface area contributed by atoms with Gasteiger partial charge in [-0.25, -0.2) is 0 Å². The van der Waals surface area contributed by atoms with Gasteiger partial charge in [-0.15, -0.1) is 0 Å². The van der Waals surface area contributed by atoms with Crippen LogP contribution in [0.15, 0.2) is 0 Å². The molecule has 0 fully saturated rings. The van der Waals surface area contributed by atoms with E-state index in [9.17, 15) is 9.59 Å². The fraction of sp³-hybridized carbons (Fsp3) is 0.913. The van der Waals surface area contributed by atoms with Gasteiger partial charge in [0.2, 0.25) is 11.8 Å². The molecule has 4 heteroatoms. The molecule has 0 bridgehead atoms. The summed E-state index contributed by atoms with van der Waals surface area (Å²) in [6.07, 6.45) is 21.0. The van der Waals surface area contributed by atoms with E-state index in [2.05, 4.69) is 24.5 Å². The van der Waals surface area contributed by atoms with Crippen molar-refractivity contribution in [1.29, 1.82) is 0 Å². The van der Waals surface area contributed by atoms with Crippen LogP contribution in [0.2, 0.25) is 0 Å². The second-order valence-electron chi connectivity index (χ2n) is 7.83. The topological polar surface area (TPSA) is 58.2 Å². The Bertz CT molecular complexity index is 345. The number of rotatable bonds is 20. The molecule has 0 atom stereocenters. The first kappa shape index (κ1) is 25.9. The number of carbonyl (C=O) groups is 2. The van der Waals surface area contributed by atoms with E-state index < -0.39 is 0 Å². The van der Waals surface area contributed by atoms with Crippen LogP contribution < -0.4 is 10.6 Å². The maximum Gasteiger partial charge on any atom is 0.239 e. The molecule has 0 aromatic heterocycles. The molecule has 2 amide bonds. The van der Waals surface area contributed by atoms with Crippen LogP contribution in [0.1, 0.15) is 123 Å². The van der Waals surface area contributed by atoms with Gasteiger partial charge in [-0.2, -0.15) is 0 Å². The molecule has 0 aliphatic rings. The van der Waals surface area contributed by atoms with Gasteiger partial charge in [0, 0.05) is 13.0 Å². The second-order valence-corrected chi connectivity index (χ2v) is 7.83. The van der Waals surface area contributed by atoms with Crippen LogP contribution in [0, 0.1) is 0 Å². The molecular formula is C23H46N2O2. The molecule has 0 saturated heterocycles. The minimum atomic E-state index is -0.0854. The van der Waals surface area contributed by atoms with Crippen molar-refractivity contribution in [2.24, 2.45) is 0 Å². The molecule has 0 heterocycles. The summed E-state index contributed by atoms with van der Waals surface area (Å²) in [6.45, 7) is 5.17. The minimum absolute atomic E-state index is 0.000391. The van der Waals surface area contributed by atoms with Crippen LogP contribution in [0.25, 0.3) is 0 Å². The van der Waals surface area contributed by atoms with E-state index in [-0.39, 0.29) is 18.4 Å². The lowest BCUT2D eigenvalue weighted by molar-refractivity contribution is -0.126. The van der Waals surface area contributed by atoms with Crippen molar-refractivity contribution in [1.82, 2.24) is 10.6 Å². The molecular weight excluding hydrogens is 336 g/mol. The van der Waals surface area contributed by atoms with Gasteiger partial charge in [0.15, 0.2) is 0 Å². The van der Waals surface area contributed by atoms with Crippen molar-refractivity contribution in [2.45, 2.75) is 123 Å². The summed E-state index contributed by atoms with van der Waals surface area (Å²) in [5.74, 6) is -0.0858. The summed E-state index contributed by atoms with van der Waals surface area (Å²) in [7, 11) is 0. The van der Waals surface area contributed by atoms with Gasteiger partial charge < -0.3 is 10.6 Å². The Morgan fingerprint density at radius 3 is 1.44 bits per heavy atom. The van der Waals surface area contributed by atoms with Crippen LogP contribution in [-0.4, -0.2) is 24.9 Å². The van der Waals surface area contributed by atoms with Crippen LogP contribution >= 0.6 is 0 Å². The molecule has 0 unspecified atom stereocenters. The van der Waals surface area contributed by atoms with Gasteiger partial charge >= 0.3 is 0 Å². The number of carbonyl (C=O) groups excluding carboxylic acids is 2. The highest BCUT2D eigenvalue weighted by Gasteiger charge is 2.04. The van der Waals surface area contributed by atoms with Gasteiger partial charge in [0.25, 0.3) is 0 Å². The third-order valence-electron chi connectivity index (χ3n) is 5.06. The zero-order valence-electron chi connectivity index (χ0n) is 18.3. The average Bonchev–Trinajstić information content (AvgIpc) is 2.67. The molecule has 2 N–H and O–H groups in total. The lowest BCUT2D eigenvalue weighted by Crippen LogP contribution is -2.37. The summed E-state index contributed by atoms with van der Waals surface area (Å²) >= 11 is 0. The van der Waals surface area contributed by atoms with E-state index in [1.54, 1.807) is 0 Å². The minimum Gasteiger partial charge on any atom is -0.355 e. The van der Waals surface area contributed by atoms with Gasteiger partial charge in [-0.1, -0.05) is 104 Å². The normalized spacial score (nSPS) is 10.7. The predicted molar refractivity (Wildman–Crippen MR) is 116 cm³/mol. The number of hydrogen-bond donors (Lipinski definition) is 2. The van der Waals surface area contributed by atoms with Crippen molar-refractivity contribution >= 4 is 11.8 Å². The molecule has 0 rings (SSSR count). The predicted octanol–water partition coefficient (Wildman–Crippen LogP) is 5.89. The third-order valence-corrected chi connectivity index (χ3v) is 5.06. The summed E-state index contributed by atoms with van der Waals surface area (Å²) in [4.78, 5) is 23.2. The van der Waals surface area contributed by atoms with Crippen LogP contribution in [0.4, 0.5) is 0 Å². The monoisotopic (exact) mass is 382 g/mol. The Morgan fingerprint density at radius 1 is 0.519 bits per heavy atom. The van der Waals surface area contributed by atoms with E-state index >= 15 is 0 Å². The molecule has 0 spiro atoms. The highest BCUT2D eigenvalue weighted by Crippen LogP contribution is 2.13. The Morgan fingerprint density at radius 2 is 0.963 bits per heavy atom. The summed E-state index contributed by atoms with van der Waals surface area (Å²) in [5, 5.41) is 5.51. The van der Waals surface area contributed by atoms with E-state index in [0.29, 0.717) is 13.0 Å². The first-order chi connectivity index (χ1) is 13.2. The van der Waals surface area contributed by atoms with Crippen molar-refractivity contribution in [3.8, 4) is 0 Å². The van der Waals surface area contributed by atoms with Crippen LogP contribution in [-0.2, 0) is 9.59 Å². The van der Waals surface area contributed by atoms with Gasteiger partial charge in [0.05, 0.1) is 6.54 Å². The Hall–Kier alpha value is -1.06. The molecule has 0 aliphatic heterocycles. The first-order valence-electron chi connectivity index (χ1n) is 11.7. The summed E-state index contributed by atoms with van der Waals surface area (Å²) in [6, 6.07) is 0. The van der Waals surface area contributed by atoms with Gasteiger partial charge in [0.1, 0.15) is 0 Å². The number of hydrogen-bond acceptors (Lipinski definition) is 2.